The van der Waals surface area contributed by atoms with Gasteiger partial charge >= 0.3 is 0 Å². The molecule has 1 atom stereocenters. The van der Waals surface area contributed by atoms with Gasteiger partial charge in [0.15, 0.2) is 0 Å². The number of hydrogen-bond acceptors (Lipinski definition) is 4. The lowest BCUT2D eigenvalue weighted by Crippen LogP contribution is -2.54. The minimum Gasteiger partial charge on any atom is -0.352 e. The lowest BCUT2D eigenvalue weighted by atomic mass is 9.95. The number of amides is 2. The lowest BCUT2D eigenvalue weighted by molar-refractivity contribution is -0.140. The van der Waals surface area contributed by atoms with E-state index in [1.807, 2.05) is 38.1 Å². The number of hydrogen-bond donors (Lipinski definition) is 1. The van der Waals surface area contributed by atoms with Crippen molar-refractivity contribution in [3.8, 4) is 0 Å². The molecule has 10 heteroatoms. The van der Waals surface area contributed by atoms with Crippen molar-refractivity contribution in [1.82, 2.24) is 10.2 Å². The molecular weight excluding hydrogens is 577 g/mol. The smallest absolute Gasteiger partial charge is 0.264 e. The van der Waals surface area contributed by atoms with Crippen LogP contribution in [0.4, 0.5) is 10.1 Å². The molecule has 3 aromatic carbocycles. The van der Waals surface area contributed by atoms with Crippen LogP contribution >= 0.6 is 11.6 Å². The van der Waals surface area contributed by atoms with Gasteiger partial charge < -0.3 is 10.2 Å². The van der Waals surface area contributed by atoms with Gasteiger partial charge in [-0.2, -0.15) is 0 Å². The Balaban J connectivity index is 1.71. The van der Waals surface area contributed by atoms with Crippen LogP contribution in [0.2, 0.25) is 5.02 Å². The normalized spacial score (nSPS) is 14.7. The summed E-state index contributed by atoms with van der Waals surface area (Å²) in [5.74, 6) is -1.54. The largest absolute Gasteiger partial charge is 0.352 e. The molecule has 0 heterocycles. The summed E-state index contributed by atoms with van der Waals surface area (Å²) in [6, 6.07) is 18.1. The van der Waals surface area contributed by atoms with E-state index >= 15 is 0 Å². The maximum Gasteiger partial charge on any atom is 0.264 e. The number of rotatable bonds is 11. The van der Waals surface area contributed by atoms with Gasteiger partial charge in [0.2, 0.25) is 11.8 Å². The number of anilines is 1. The first kappa shape index (κ1) is 31.5. The second-order valence-electron chi connectivity index (χ2n) is 10.7. The number of sulfonamides is 1. The fraction of sp³-hybridized carbons (Fsp3) is 0.375. The molecule has 1 fully saturated rings. The second-order valence-corrected chi connectivity index (χ2v) is 13.0. The number of aryl methyl sites for hydroxylation is 1. The monoisotopic (exact) mass is 613 g/mol. The quantitative estimate of drug-likeness (QED) is 0.277. The molecule has 1 aliphatic carbocycles. The topological polar surface area (TPSA) is 86.8 Å². The molecule has 4 rings (SSSR count). The minimum atomic E-state index is -4.26. The molecule has 1 saturated carbocycles. The summed E-state index contributed by atoms with van der Waals surface area (Å²) in [5, 5.41) is 2.86. The standard InChI is InChI=1S/C32H37ClFN3O4S/c1-3-30(32(39)35-25-13-6-4-7-14-25)36(21-24-12-10-11-23(2)19-24)31(38)22-37(26-17-18-29(34)28(33)20-26)42(40,41)27-15-8-5-9-16-27/h5,8-12,15-20,25,30H,3-4,6-7,13-14,21-22H2,1-2H3,(H,35,39)/t30-/m1/s1. The molecule has 2 amide bonds. The number of nitrogens with one attached hydrogen (secondary N) is 1. The van der Waals surface area contributed by atoms with E-state index in [9.17, 15) is 22.4 Å². The third-order valence-corrected chi connectivity index (χ3v) is 9.65. The van der Waals surface area contributed by atoms with Gasteiger partial charge in [0.25, 0.3) is 10.0 Å². The van der Waals surface area contributed by atoms with Gasteiger partial charge in [-0.05, 0) is 62.1 Å². The Hall–Kier alpha value is -3.43. The number of carbonyl (C=O) groups is 2. The average molecular weight is 614 g/mol. The van der Waals surface area contributed by atoms with Crippen LogP contribution < -0.4 is 9.62 Å². The van der Waals surface area contributed by atoms with Gasteiger partial charge in [0.05, 0.1) is 15.6 Å². The SMILES string of the molecule is CC[C@H](C(=O)NC1CCCCC1)N(Cc1cccc(C)c1)C(=O)CN(c1ccc(F)c(Cl)c1)S(=O)(=O)c1ccccc1. The summed E-state index contributed by atoms with van der Waals surface area (Å²) in [6.45, 7) is 3.27. The third kappa shape index (κ3) is 7.69. The van der Waals surface area contributed by atoms with Crippen LogP contribution in [-0.4, -0.2) is 43.8 Å². The Kier molecular flexibility index (Phi) is 10.6. The Bertz CT molecular complexity index is 1500. The highest BCUT2D eigenvalue weighted by molar-refractivity contribution is 7.92. The van der Waals surface area contributed by atoms with E-state index in [4.69, 9.17) is 11.6 Å². The van der Waals surface area contributed by atoms with E-state index in [2.05, 4.69) is 5.32 Å². The van der Waals surface area contributed by atoms with Crippen LogP contribution in [0, 0.1) is 12.7 Å². The van der Waals surface area contributed by atoms with Crippen LogP contribution in [0.1, 0.15) is 56.6 Å². The highest BCUT2D eigenvalue weighted by atomic mass is 35.5. The molecule has 3 aromatic rings. The Morgan fingerprint density at radius 1 is 1.00 bits per heavy atom. The van der Waals surface area contributed by atoms with Crippen molar-refractivity contribution in [3.63, 3.8) is 0 Å². The number of nitrogens with zero attached hydrogens (tertiary/aromatic N) is 2. The van der Waals surface area contributed by atoms with Crippen molar-refractivity contribution in [3.05, 3.63) is 94.8 Å². The van der Waals surface area contributed by atoms with Crippen LogP contribution in [0.3, 0.4) is 0 Å². The van der Waals surface area contributed by atoms with Gasteiger partial charge in [0, 0.05) is 12.6 Å². The maximum atomic E-state index is 14.2. The fourth-order valence-electron chi connectivity index (χ4n) is 5.36. The Morgan fingerprint density at radius 2 is 1.71 bits per heavy atom. The van der Waals surface area contributed by atoms with E-state index in [0.717, 1.165) is 53.6 Å². The van der Waals surface area contributed by atoms with E-state index in [1.54, 1.807) is 18.2 Å². The van der Waals surface area contributed by atoms with Crippen LogP contribution in [0.5, 0.6) is 0 Å². The number of carbonyl (C=O) groups excluding carboxylic acids is 2. The van der Waals surface area contributed by atoms with Crippen molar-refractivity contribution < 1.29 is 22.4 Å². The predicted octanol–water partition coefficient (Wildman–Crippen LogP) is 6.24. The van der Waals surface area contributed by atoms with E-state index < -0.39 is 34.3 Å². The Labute approximate surface area is 252 Å². The van der Waals surface area contributed by atoms with Gasteiger partial charge in [-0.25, -0.2) is 12.8 Å². The first-order valence-corrected chi connectivity index (χ1v) is 16.1. The van der Waals surface area contributed by atoms with Crippen LogP contribution in [0.15, 0.2) is 77.7 Å². The highest BCUT2D eigenvalue weighted by Crippen LogP contribution is 2.28. The molecule has 42 heavy (non-hydrogen) atoms. The summed E-state index contributed by atoms with van der Waals surface area (Å²) >= 11 is 6.04. The van der Waals surface area contributed by atoms with Crippen LogP contribution in [-0.2, 0) is 26.2 Å². The zero-order chi connectivity index (χ0) is 30.3. The van der Waals surface area contributed by atoms with Gasteiger partial charge in [-0.15, -0.1) is 0 Å². The van der Waals surface area contributed by atoms with Crippen molar-refractivity contribution in [2.75, 3.05) is 10.8 Å². The molecule has 0 unspecified atom stereocenters. The summed E-state index contributed by atoms with van der Waals surface area (Å²) in [4.78, 5) is 29.2. The average Bonchev–Trinajstić information content (AvgIpc) is 2.98. The predicted molar refractivity (Wildman–Crippen MR) is 163 cm³/mol. The minimum absolute atomic E-state index is 0.0359. The molecule has 0 spiro atoms. The molecular formula is C32H37ClFN3O4S. The second kappa shape index (κ2) is 14.2. The number of benzene rings is 3. The highest BCUT2D eigenvalue weighted by Gasteiger charge is 2.34. The molecule has 1 N–H and O–H groups in total. The van der Waals surface area contributed by atoms with Crippen molar-refractivity contribution in [2.24, 2.45) is 0 Å². The van der Waals surface area contributed by atoms with Crippen molar-refractivity contribution in [2.45, 2.75) is 75.9 Å². The summed E-state index contributed by atoms with van der Waals surface area (Å²) < 4.78 is 42.7. The third-order valence-electron chi connectivity index (χ3n) is 7.57. The summed E-state index contributed by atoms with van der Waals surface area (Å²) in [7, 11) is -4.26. The molecule has 224 valence electrons. The molecule has 0 saturated heterocycles. The lowest BCUT2D eigenvalue weighted by Gasteiger charge is -2.34. The number of halogens is 2. The van der Waals surface area contributed by atoms with Gasteiger partial charge in [0.1, 0.15) is 18.4 Å². The fourth-order valence-corrected chi connectivity index (χ4v) is 6.96. The first-order chi connectivity index (χ1) is 20.1. The van der Waals surface area contributed by atoms with Crippen molar-refractivity contribution >= 4 is 39.1 Å². The van der Waals surface area contributed by atoms with E-state index in [1.165, 1.54) is 29.2 Å². The molecule has 1 aliphatic rings. The molecule has 7 nitrogen and oxygen atoms in total. The van der Waals surface area contributed by atoms with Crippen LogP contribution in [0.25, 0.3) is 0 Å². The zero-order valence-corrected chi connectivity index (χ0v) is 25.5. The summed E-state index contributed by atoms with van der Waals surface area (Å²) in [6.07, 6.45) is 5.34. The summed E-state index contributed by atoms with van der Waals surface area (Å²) in [5.41, 5.74) is 1.84. The maximum absolute atomic E-state index is 14.2. The van der Waals surface area contributed by atoms with Gasteiger partial charge in [-0.1, -0.05) is 85.8 Å². The molecule has 0 radical (unpaired) electrons. The van der Waals surface area contributed by atoms with Crippen molar-refractivity contribution in [1.29, 1.82) is 0 Å². The molecule has 0 aliphatic heterocycles. The first-order valence-electron chi connectivity index (χ1n) is 14.3. The molecule has 0 bridgehead atoms. The molecule has 0 aromatic heterocycles. The van der Waals surface area contributed by atoms with E-state index in [-0.39, 0.29) is 34.1 Å². The van der Waals surface area contributed by atoms with Gasteiger partial charge in [-0.3, -0.25) is 13.9 Å². The van der Waals surface area contributed by atoms with E-state index in [0.29, 0.717) is 6.42 Å². The Morgan fingerprint density at radius 3 is 2.36 bits per heavy atom. The zero-order valence-electron chi connectivity index (χ0n) is 23.9.